The van der Waals surface area contributed by atoms with Gasteiger partial charge in [0.2, 0.25) is 0 Å². The van der Waals surface area contributed by atoms with Gasteiger partial charge in [-0.1, -0.05) is 51.9 Å². The Balaban J connectivity index is 1.49. The topological polar surface area (TPSA) is 20.2 Å². The van der Waals surface area contributed by atoms with Gasteiger partial charge < -0.3 is 5.11 Å². The van der Waals surface area contributed by atoms with Crippen molar-refractivity contribution in [3.05, 3.63) is 0 Å². The predicted molar refractivity (Wildman–Crippen MR) is 77.6 cm³/mol. The summed E-state index contributed by atoms with van der Waals surface area (Å²) >= 11 is 0. The molecule has 0 radical (unpaired) electrons. The molecule has 2 aliphatic rings. The van der Waals surface area contributed by atoms with E-state index in [1.807, 2.05) is 0 Å². The third kappa shape index (κ3) is 4.26. The van der Waals surface area contributed by atoms with Crippen LogP contribution in [0.3, 0.4) is 0 Å². The van der Waals surface area contributed by atoms with Gasteiger partial charge in [0.15, 0.2) is 0 Å². The molecule has 1 N–H and O–H groups in total. The zero-order valence-electron chi connectivity index (χ0n) is 12.2. The molecular weight excluding hydrogens is 220 g/mol. The highest BCUT2D eigenvalue weighted by Gasteiger charge is 2.39. The monoisotopic (exact) mass is 252 g/mol. The van der Waals surface area contributed by atoms with Gasteiger partial charge in [0.25, 0.3) is 0 Å². The van der Waals surface area contributed by atoms with Crippen molar-refractivity contribution in [2.45, 2.75) is 90.1 Å². The maximum atomic E-state index is 10.1. The maximum absolute atomic E-state index is 10.1. The lowest BCUT2D eigenvalue weighted by molar-refractivity contribution is 0.114. The molecule has 2 bridgehead atoms. The van der Waals surface area contributed by atoms with E-state index in [1.54, 1.807) is 0 Å². The normalized spacial score (nSPS) is 32.0. The minimum absolute atomic E-state index is 0.000486. The van der Waals surface area contributed by atoms with Gasteiger partial charge >= 0.3 is 0 Å². The summed E-state index contributed by atoms with van der Waals surface area (Å²) in [6.45, 7) is 2.26. The van der Waals surface area contributed by atoms with Crippen molar-refractivity contribution in [1.82, 2.24) is 0 Å². The van der Waals surface area contributed by atoms with Crippen LogP contribution in [0.25, 0.3) is 0 Å². The number of aliphatic hydroxyl groups is 1. The fraction of sp³-hybridized carbons (Fsp3) is 1.00. The summed E-state index contributed by atoms with van der Waals surface area (Å²) in [4.78, 5) is 0. The van der Waals surface area contributed by atoms with E-state index < -0.39 is 0 Å². The second-order valence-corrected chi connectivity index (χ2v) is 6.88. The first-order valence-corrected chi connectivity index (χ1v) is 8.47. The maximum Gasteiger partial charge on any atom is 0.0543 e. The molecule has 2 fully saturated rings. The molecule has 0 aromatic carbocycles. The molecule has 106 valence electrons. The van der Waals surface area contributed by atoms with Crippen LogP contribution in [0.15, 0.2) is 0 Å². The molecule has 0 aromatic rings. The fourth-order valence-corrected chi connectivity index (χ4v) is 4.29. The van der Waals surface area contributed by atoms with Gasteiger partial charge in [0, 0.05) is 0 Å². The molecule has 0 heterocycles. The summed E-state index contributed by atoms with van der Waals surface area (Å²) in [7, 11) is 0. The van der Waals surface area contributed by atoms with Gasteiger partial charge in [-0.05, 0) is 49.9 Å². The van der Waals surface area contributed by atoms with E-state index in [0.29, 0.717) is 0 Å². The molecule has 1 heteroatoms. The molecule has 18 heavy (non-hydrogen) atoms. The Bertz CT molecular complexity index is 226. The molecule has 0 aromatic heterocycles. The lowest BCUT2D eigenvalue weighted by Gasteiger charge is -2.24. The van der Waals surface area contributed by atoms with Crippen molar-refractivity contribution in [3.63, 3.8) is 0 Å². The minimum atomic E-state index is 0.000486. The zero-order chi connectivity index (χ0) is 12.8. The molecule has 2 aliphatic carbocycles. The predicted octanol–water partition coefficient (Wildman–Crippen LogP) is 4.92. The minimum Gasteiger partial charge on any atom is -0.393 e. The third-order valence-corrected chi connectivity index (χ3v) is 5.35. The van der Waals surface area contributed by atoms with Gasteiger partial charge in [-0.25, -0.2) is 0 Å². The van der Waals surface area contributed by atoms with Crippen LogP contribution in [0.1, 0.15) is 84.0 Å². The Kier molecular flexibility index (Phi) is 6.01. The lowest BCUT2D eigenvalue weighted by atomic mass is 9.84. The van der Waals surface area contributed by atoms with E-state index in [2.05, 4.69) is 6.92 Å². The van der Waals surface area contributed by atoms with Crippen LogP contribution in [0.2, 0.25) is 0 Å². The van der Waals surface area contributed by atoms with Crippen LogP contribution in [0.5, 0.6) is 0 Å². The molecule has 4 atom stereocenters. The number of fused-ring (bicyclic) bond motifs is 2. The van der Waals surface area contributed by atoms with Gasteiger partial charge in [0.05, 0.1) is 6.10 Å². The first-order chi connectivity index (χ1) is 8.79. The van der Waals surface area contributed by atoms with E-state index in [-0.39, 0.29) is 6.10 Å². The Labute approximate surface area is 113 Å². The molecule has 0 spiro atoms. The molecule has 2 saturated carbocycles. The molecule has 0 aliphatic heterocycles. The number of hydrogen-bond acceptors (Lipinski definition) is 1. The van der Waals surface area contributed by atoms with Gasteiger partial charge in [-0.2, -0.15) is 0 Å². The van der Waals surface area contributed by atoms with Crippen molar-refractivity contribution in [3.8, 4) is 0 Å². The first-order valence-electron chi connectivity index (χ1n) is 8.47. The van der Waals surface area contributed by atoms with Crippen LogP contribution in [-0.2, 0) is 0 Å². The van der Waals surface area contributed by atoms with Gasteiger partial charge in [-0.15, -0.1) is 0 Å². The zero-order valence-corrected chi connectivity index (χ0v) is 12.2. The van der Waals surface area contributed by atoms with Crippen molar-refractivity contribution in [2.24, 2.45) is 17.8 Å². The molecule has 1 nitrogen and oxygen atoms in total. The second-order valence-electron chi connectivity index (χ2n) is 6.88. The lowest BCUT2D eigenvalue weighted by Crippen LogP contribution is -2.18. The molecule has 2 rings (SSSR count). The summed E-state index contributed by atoms with van der Waals surface area (Å²) in [5.74, 6) is 2.88. The Morgan fingerprint density at radius 1 is 1.00 bits per heavy atom. The number of rotatable bonds is 9. The second kappa shape index (κ2) is 7.53. The average Bonchev–Trinajstić information content (AvgIpc) is 2.95. The summed E-state index contributed by atoms with van der Waals surface area (Å²) in [6, 6.07) is 0. The van der Waals surface area contributed by atoms with E-state index in [4.69, 9.17) is 0 Å². The van der Waals surface area contributed by atoms with E-state index in [9.17, 15) is 5.11 Å². The molecule has 0 saturated heterocycles. The standard InChI is InChI=1S/C17H32O/c1-2-3-4-5-6-7-8-17(18)13-16-12-14-9-10-15(16)11-14/h14-18H,2-13H2,1H3. The summed E-state index contributed by atoms with van der Waals surface area (Å²) in [6.07, 6.45) is 16.0. The average molecular weight is 252 g/mol. The Morgan fingerprint density at radius 2 is 1.78 bits per heavy atom. The van der Waals surface area contributed by atoms with Crippen molar-refractivity contribution < 1.29 is 5.11 Å². The van der Waals surface area contributed by atoms with E-state index in [0.717, 1.165) is 30.6 Å². The highest BCUT2D eigenvalue weighted by molar-refractivity contribution is 4.90. The number of aliphatic hydroxyl groups excluding tert-OH is 1. The molecule has 0 amide bonds. The van der Waals surface area contributed by atoms with Crippen molar-refractivity contribution in [2.75, 3.05) is 0 Å². The highest BCUT2D eigenvalue weighted by atomic mass is 16.3. The third-order valence-electron chi connectivity index (χ3n) is 5.35. The number of unbranched alkanes of at least 4 members (excludes halogenated alkanes) is 5. The van der Waals surface area contributed by atoms with Crippen molar-refractivity contribution >= 4 is 0 Å². The van der Waals surface area contributed by atoms with Crippen LogP contribution in [0, 0.1) is 17.8 Å². The summed E-state index contributed by atoms with van der Waals surface area (Å²) in [5.41, 5.74) is 0. The quantitative estimate of drug-likeness (QED) is 0.577. The van der Waals surface area contributed by atoms with Gasteiger partial charge in [-0.3, -0.25) is 0 Å². The SMILES string of the molecule is CCCCCCCCC(O)CC1CC2CCC1C2. The van der Waals surface area contributed by atoms with Gasteiger partial charge in [0.1, 0.15) is 0 Å². The summed E-state index contributed by atoms with van der Waals surface area (Å²) in [5, 5.41) is 10.1. The van der Waals surface area contributed by atoms with Crippen LogP contribution >= 0.6 is 0 Å². The number of hydrogen-bond donors (Lipinski definition) is 1. The first kappa shape index (κ1) is 14.4. The Morgan fingerprint density at radius 3 is 2.44 bits per heavy atom. The van der Waals surface area contributed by atoms with Crippen LogP contribution in [-0.4, -0.2) is 11.2 Å². The smallest absolute Gasteiger partial charge is 0.0543 e. The summed E-state index contributed by atoms with van der Waals surface area (Å²) < 4.78 is 0. The van der Waals surface area contributed by atoms with E-state index >= 15 is 0 Å². The largest absolute Gasteiger partial charge is 0.393 e. The van der Waals surface area contributed by atoms with Crippen LogP contribution in [0.4, 0.5) is 0 Å². The van der Waals surface area contributed by atoms with Crippen LogP contribution < -0.4 is 0 Å². The molecule has 4 unspecified atom stereocenters. The van der Waals surface area contributed by atoms with Crippen molar-refractivity contribution in [1.29, 1.82) is 0 Å². The van der Waals surface area contributed by atoms with E-state index in [1.165, 1.54) is 64.2 Å². The Hall–Kier alpha value is -0.0400. The molecular formula is C17H32O. The fourth-order valence-electron chi connectivity index (χ4n) is 4.29. The highest BCUT2D eigenvalue weighted by Crippen LogP contribution is 2.50.